The van der Waals surface area contributed by atoms with Gasteiger partial charge in [0, 0.05) is 31.2 Å². The van der Waals surface area contributed by atoms with Crippen LogP contribution in [0.2, 0.25) is 0 Å². The summed E-state index contributed by atoms with van der Waals surface area (Å²) in [6.07, 6.45) is 2.62. The van der Waals surface area contributed by atoms with Crippen molar-refractivity contribution < 1.29 is 4.79 Å². The molecule has 1 heterocycles. The van der Waals surface area contributed by atoms with Gasteiger partial charge in [-0.15, -0.1) is 0 Å². The third-order valence-corrected chi connectivity index (χ3v) is 5.92. The number of hydrogen-bond donors (Lipinski definition) is 0. The molecule has 1 aliphatic heterocycles. The molecule has 27 heavy (non-hydrogen) atoms. The van der Waals surface area contributed by atoms with E-state index < -0.39 is 0 Å². The van der Waals surface area contributed by atoms with Gasteiger partial charge in [-0.2, -0.15) is 0 Å². The number of rotatable bonds is 3. The number of nitrogens with zero attached hydrogens (tertiary/aromatic N) is 2. The number of carbonyl (C=O) groups is 1. The van der Waals surface area contributed by atoms with Gasteiger partial charge in [0.25, 0.3) is 5.91 Å². The second-order valence-electron chi connectivity index (χ2n) is 8.98. The van der Waals surface area contributed by atoms with Gasteiger partial charge in [0.05, 0.1) is 6.04 Å². The van der Waals surface area contributed by atoms with Gasteiger partial charge in [-0.05, 0) is 41.5 Å². The van der Waals surface area contributed by atoms with Crippen molar-refractivity contribution in [3.8, 4) is 0 Å². The molecule has 2 aromatic rings. The van der Waals surface area contributed by atoms with Gasteiger partial charge in [0.2, 0.25) is 0 Å². The summed E-state index contributed by atoms with van der Waals surface area (Å²) in [5.41, 5.74) is 3.40. The van der Waals surface area contributed by atoms with Crippen LogP contribution in [0.15, 0.2) is 54.6 Å². The molecule has 0 radical (unpaired) electrons. The van der Waals surface area contributed by atoms with Crippen LogP contribution in [-0.2, 0) is 5.41 Å². The maximum absolute atomic E-state index is 13.3. The molecule has 2 aliphatic rings. The van der Waals surface area contributed by atoms with Crippen LogP contribution in [-0.4, -0.2) is 41.4 Å². The highest BCUT2D eigenvalue weighted by Crippen LogP contribution is 2.34. The van der Waals surface area contributed by atoms with Crippen LogP contribution < -0.4 is 0 Å². The fraction of sp³-hybridized carbons (Fsp3) is 0.458. The third kappa shape index (κ3) is 3.93. The van der Waals surface area contributed by atoms with Crippen molar-refractivity contribution in [2.75, 3.05) is 19.6 Å². The summed E-state index contributed by atoms with van der Waals surface area (Å²) in [7, 11) is 0. The van der Waals surface area contributed by atoms with Gasteiger partial charge in [0.15, 0.2) is 0 Å². The Morgan fingerprint density at radius 3 is 2.19 bits per heavy atom. The molecule has 3 heteroatoms. The van der Waals surface area contributed by atoms with Crippen LogP contribution in [0, 0.1) is 0 Å². The van der Waals surface area contributed by atoms with Crippen molar-refractivity contribution in [3.05, 3.63) is 71.3 Å². The molecule has 1 saturated heterocycles. The molecule has 2 fully saturated rings. The van der Waals surface area contributed by atoms with E-state index in [2.05, 4.69) is 67.0 Å². The lowest BCUT2D eigenvalue weighted by Gasteiger charge is -2.42. The van der Waals surface area contributed by atoms with Crippen LogP contribution >= 0.6 is 0 Å². The first kappa shape index (κ1) is 18.2. The second kappa shape index (κ2) is 7.12. The molecule has 0 bridgehead atoms. The van der Waals surface area contributed by atoms with E-state index in [1.54, 1.807) is 0 Å². The Balaban J connectivity index is 1.58. The Hall–Kier alpha value is -2.13. The lowest BCUT2D eigenvalue weighted by molar-refractivity contribution is 0.0433. The highest BCUT2D eigenvalue weighted by atomic mass is 16.2. The summed E-state index contributed by atoms with van der Waals surface area (Å²) < 4.78 is 0. The summed E-state index contributed by atoms with van der Waals surface area (Å²) in [4.78, 5) is 18.0. The first-order valence-corrected chi connectivity index (χ1v) is 10.1. The Morgan fingerprint density at radius 1 is 0.926 bits per heavy atom. The zero-order valence-electron chi connectivity index (χ0n) is 16.7. The van der Waals surface area contributed by atoms with E-state index in [1.807, 2.05) is 18.2 Å². The maximum atomic E-state index is 13.3. The predicted octanol–water partition coefficient (Wildman–Crippen LogP) is 4.65. The van der Waals surface area contributed by atoms with E-state index in [1.165, 1.54) is 24.0 Å². The van der Waals surface area contributed by atoms with Gasteiger partial charge >= 0.3 is 0 Å². The monoisotopic (exact) mass is 362 g/mol. The van der Waals surface area contributed by atoms with Crippen molar-refractivity contribution in [2.24, 2.45) is 0 Å². The largest absolute Gasteiger partial charge is 0.329 e. The lowest BCUT2D eigenvalue weighted by atomic mass is 9.86. The van der Waals surface area contributed by atoms with Gasteiger partial charge in [0.1, 0.15) is 0 Å². The minimum Gasteiger partial charge on any atom is -0.329 e. The average Bonchev–Trinajstić information content (AvgIpc) is 3.52. The topological polar surface area (TPSA) is 23.6 Å². The number of benzene rings is 2. The summed E-state index contributed by atoms with van der Waals surface area (Å²) in [5, 5.41) is 0. The zero-order valence-corrected chi connectivity index (χ0v) is 16.7. The molecule has 1 amide bonds. The number of carbonyl (C=O) groups excluding carboxylic acids is 1. The summed E-state index contributed by atoms with van der Waals surface area (Å²) in [6.45, 7) is 9.33. The van der Waals surface area contributed by atoms with Crippen LogP contribution in [0.3, 0.4) is 0 Å². The van der Waals surface area contributed by atoms with Crippen LogP contribution in [0.4, 0.5) is 0 Å². The van der Waals surface area contributed by atoms with Gasteiger partial charge in [-0.3, -0.25) is 9.69 Å². The molecule has 4 rings (SSSR count). The highest BCUT2D eigenvalue weighted by molar-refractivity contribution is 5.94. The number of hydrogen-bond acceptors (Lipinski definition) is 2. The molecule has 2 aromatic carbocycles. The summed E-state index contributed by atoms with van der Waals surface area (Å²) in [5.74, 6) is 0.153. The van der Waals surface area contributed by atoms with Crippen LogP contribution in [0.1, 0.15) is 61.1 Å². The molecular formula is C24H30N2O. The van der Waals surface area contributed by atoms with Crippen molar-refractivity contribution in [2.45, 2.75) is 51.1 Å². The molecule has 0 spiro atoms. The van der Waals surface area contributed by atoms with Crippen molar-refractivity contribution in [3.63, 3.8) is 0 Å². The van der Waals surface area contributed by atoms with Crippen LogP contribution in [0.25, 0.3) is 0 Å². The minimum atomic E-state index is 0.101. The lowest BCUT2D eigenvalue weighted by Crippen LogP contribution is -2.51. The maximum Gasteiger partial charge on any atom is 0.254 e. The van der Waals surface area contributed by atoms with E-state index in [0.717, 1.165) is 31.2 Å². The highest BCUT2D eigenvalue weighted by Gasteiger charge is 2.38. The predicted molar refractivity (Wildman–Crippen MR) is 110 cm³/mol. The standard InChI is InChI=1S/C24H30N2O/c1-24(2,3)20-11-9-19(10-12-20)23(27)26-16-15-25(21-13-14-21)17-22(26)18-7-5-4-6-8-18/h4-12,21-22H,13-17H2,1-3H3. The van der Waals surface area contributed by atoms with Crippen molar-refractivity contribution >= 4 is 5.91 Å². The fourth-order valence-corrected chi connectivity index (χ4v) is 4.06. The molecule has 1 atom stereocenters. The normalized spacial score (nSPS) is 21.3. The molecule has 1 unspecified atom stereocenters. The van der Waals surface area contributed by atoms with E-state index in [0.29, 0.717) is 0 Å². The fourth-order valence-electron chi connectivity index (χ4n) is 4.06. The van der Waals surface area contributed by atoms with Gasteiger partial charge < -0.3 is 4.90 Å². The Labute approximate surface area is 163 Å². The Bertz CT molecular complexity index is 787. The van der Waals surface area contributed by atoms with E-state index in [-0.39, 0.29) is 17.4 Å². The van der Waals surface area contributed by atoms with Crippen molar-refractivity contribution in [1.29, 1.82) is 0 Å². The molecule has 0 N–H and O–H groups in total. The van der Waals surface area contributed by atoms with Crippen molar-refractivity contribution in [1.82, 2.24) is 9.80 Å². The molecule has 1 aliphatic carbocycles. The summed E-state index contributed by atoms with van der Waals surface area (Å²) >= 11 is 0. The van der Waals surface area contributed by atoms with E-state index >= 15 is 0 Å². The van der Waals surface area contributed by atoms with E-state index in [9.17, 15) is 4.79 Å². The molecule has 0 aromatic heterocycles. The SMILES string of the molecule is CC(C)(C)c1ccc(C(=O)N2CCN(C3CC3)CC2c2ccccc2)cc1. The molecule has 3 nitrogen and oxygen atoms in total. The zero-order chi connectivity index (χ0) is 19.0. The molecular weight excluding hydrogens is 332 g/mol. The summed E-state index contributed by atoms with van der Waals surface area (Å²) in [6, 6.07) is 19.6. The first-order valence-electron chi connectivity index (χ1n) is 10.1. The Morgan fingerprint density at radius 2 is 1.59 bits per heavy atom. The Kier molecular flexibility index (Phi) is 4.81. The van der Waals surface area contributed by atoms with E-state index in [4.69, 9.17) is 0 Å². The third-order valence-electron chi connectivity index (χ3n) is 5.92. The first-order chi connectivity index (χ1) is 12.9. The minimum absolute atomic E-state index is 0.101. The average molecular weight is 363 g/mol. The second-order valence-corrected chi connectivity index (χ2v) is 8.98. The van der Waals surface area contributed by atoms with Gasteiger partial charge in [-0.25, -0.2) is 0 Å². The molecule has 1 saturated carbocycles. The number of amides is 1. The molecule has 142 valence electrons. The van der Waals surface area contributed by atoms with Gasteiger partial charge in [-0.1, -0.05) is 63.2 Å². The number of piperazine rings is 1. The quantitative estimate of drug-likeness (QED) is 0.794. The van der Waals surface area contributed by atoms with Crippen LogP contribution in [0.5, 0.6) is 0 Å². The smallest absolute Gasteiger partial charge is 0.254 e.